The number of amides is 2. The summed E-state index contributed by atoms with van der Waals surface area (Å²) in [5, 5.41) is 1.23. The van der Waals surface area contributed by atoms with Crippen molar-refractivity contribution in [1.82, 2.24) is 10.4 Å². The molecule has 1 N–H and O–H groups in total. The highest BCUT2D eigenvalue weighted by atomic mass is 79.9. The van der Waals surface area contributed by atoms with Crippen LogP contribution in [0.1, 0.15) is 49.7 Å². The van der Waals surface area contributed by atoms with Gasteiger partial charge in [0.15, 0.2) is 15.8 Å². The second-order valence-corrected chi connectivity index (χ2v) is 13.6. The summed E-state index contributed by atoms with van der Waals surface area (Å²) in [4.78, 5) is 27.2. The van der Waals surface area contributed by atoms with Crippen molar-refractivity contribution in [3.8, 4) is 11.5 Å². The van der Waals surface area contributed by atoms with Crippen LogP contribution in [0.25, 0.3) is 6.08 Å². The number of thioether (sulfide) groups is 1. The van der Waals surface area contributed by atoms with Gasteiger partial charge in [-0.2, -0.15) is 5.01 Å². The van der Waals surface area contributed by atoms with E-state index in [-0.39, 0.29) is 29.7 Å². The Labute approximate surface area is 244 Å². The largest absolute Gasteiger partial charge is 0.493 e. The fourth-order valence-electron chi connectivity index (χ4n) is 7.07. The molecule has 0 spiro atoms. The number of ether oxygens (including phenoxy) is 2. The molecule has 10 heteroatoms. The molecule has 7 rings (SSSR count). The van der Waals surface area contributed by atoms with Gasteiger partial charge in [-0.3, -0.25) is 15.0 Å². The molecule has 0 unspecified atom stereocenters. The van der Waals surface area contributed by atoms with Crippen LogP contribution in [0, 0.1) is 29.0 Å². The van der Waals surface area contributed by atoms with E-state index in [0.717, 1.165) is 31.0 Å². The maximum Gasteiger partial charge on any atom is 0.285 e. The van der Waals surface area contributed by atoms with Crippen LogP contribution >= 0.6 is 39.9 Å². The molecule has 2 aromatic carbocycles. The van der Waals surface area contributed by atoms with Gasteiger partial charge in [0.05, 0.1) is 21.9 Å². The van der Waals surface area contributed by atoms with Crippen LogP contribution in [-0.4, -0.2) is 28.3 Å². The van der Waals surface area contributed by atoms with Gasteiger partial charge in [0.25, 0.3) is 5.91 Å². The fourth-order valence-corrected chi connectivity index (χ4v) is 8.82. The van der Waals surface area contributed by atoms with E-state index >= 15 is 0 Å². The summed E-state index contributed by atoms with van der Waals surface area (Å²) in [6.45, 7) is 0.161. The quantitative estimate of drug-likeness (QED) is 0.274. The molecule has 1 saturated heterocycles. The van der Waals surface area contributed by atoms with Crippen molar-refractivity contribution in [1.29, 1.82) is 0 Å². The Hall–Kier alpha value is -2.43. The second-order valence-electron chi connectivity index (χ2n) is 11.1. The van der Waals surface area contributed by atoms with Gasteiger partial charge in [0, 0.05) is 0 Å². The zero-order valence-electron chi connectivity index (χ0n) is 21.4. The minimum absolute atomic E-state index is 0.0663. The molecule has 5 fully saturated rings. The smallest absolute Gasteiger partial charge is 0.285 e. The Morgan fingerprint density at radius 3 is 2.54 bits per heavy atom. The number of thiocarbonyl (C=S) groups is 1. The van der Waals surface area contributed by atoms with Crippen molar-refractivity contribution in [3.63, 3.8) is 0 Å². The number of hydrogen-bond acceptors (Lipinski definition) is 6. The zero-order valence-corrected chi connectivity index (χ0v) is 24.6. The molecular formula is C29H28BrFN2O4S2. The number of benzene rings is 2. The van der Waals surface area contributed by atoms with E-state index in [0.29, 0.717) is 54.1 Å². The molecule has 4 aliphatic carbocycles. The van der Waals surface area contributed by atoms with Crippen LogP contribution in [0.2, 0.25) is 0 Å². The van der Waals surface area contributed by atoms with Crippen LogP contribution in [0.3, 0.4) is 0 Å². The molecule has 1 heterocycles. The average Bonchev–Trinajstić information content (AvgIpc) is 3.14. The van der Waals surface area contributed by atoms with E-state index in [9.17, 15) is 14.0 Å². The molecule has 39 heavy (non-hydrogen) atoms. The lowest BCUT2D eigenvalue weighted by molar-refractivity contribution is -0.152. The Morgan fingerprint density at radius 1 is 1.21 bits per heavy atom. The molecule has 0 radical (unpaired) electrons. The Balaban J connectivity index is 1.17. The molecule has 1 aliphatic heterocycles. The van der Waals surface area contributed by atoms with Gasteiger partial charge in [-0.25, -0.2) is 4.39 Å². The lowest BCUT2D eigenvalue weighted by atomic mass is 9.49. The van der Waals surface area contributed by atoms with E-state index < -0.39 is 0 Å². The van der Waals surface area contributed by atoms with E-state index in [1.165, 1.54) is 43.5 Å². The number of carbonyl (C=O) groups excluding carboxylic acids is 2. The molecule has 4 bridgehead atoms. The number of hydrogen-bond donors (Lipinski definition) is 1. The molecule has 2 amide bonds. The number of methoxy groups -OCH3 is 1. The van der Waals surface area contributed by atoms with Crippen molar-refractivity contribution < 1.29 is 23.5 Å². The Morgan fingerprint density at radius 2 is 1.90 bits per heavy atom. The molecule has 0 atom stereocenters. The van der Waals surface area contributed by atoms with Gasteiger partial charge in [0.2, 0.25) is 5.91 Å². The standard InChI is InChI=1S/C29H28BrFN2O4S2/c1-36-23-10-17(9-22(30)25(23)37-15-16-3-2-4-21(31)8-16)11-24-26(34)33(28(38)39-24)32-27(35)29-12-18-5-19(13-29)7-20(6-18)14-29/h2-4,8-11,18-20H,5-7,12-15H2,1H3,(H,32,35)/b24-11+. The van der Waals surface area contributed by atoms with E-state index in [2.05, 4.69) is 21.4 Å². The summed E-state index contributed by atoms with van der Waals surface area (Å²) in [5.74, 6) is 2.07. The van der Waals surface area contributed by atoms with Crippen LogP contribution in [0.4, 0.5) is 4.39 Å². The van der Waals surface area contributed by atoms with E-state index in [4.69, 9.17) is 21.7 Å². The van der Waals surface area contributed by atoms with Gasteiger partial charge < -0.3 is 9.47 Å². The van der Waals surface area contributed by atoms with Gasteiger partial charge in [-0.05, 0) is 126 Å². The number of carbonyl (C=O) groups is 2. The maximum absolute atomic E-state index is 13.5. The third kappa shape index (κ3) is 5.23. The number of halogens is 2. The maximum atomic E-state index is 13.5. The molecular weight excluding hydrogens is 603 g/mol. The van der Waals surface area contributed by atoms with Gasteiger partial charge in [0.1, 0.15) is 12.4 Å². The lowest BCUT2D eigenvalue weighted by Gasteiger charge is -2.55. The monoisotopic (exact) mass is 630 g/mol. The summed E-state index contributed by atoms with van der Waals surface area (Å²) in [6.07, 6.45) is 8.18. The van der Waals surface area contributed by atoms with Crippen molar-refractivity contribution >= 4 is 62.1 Å². The van der Waals surface area contributed by atoms with Crippen molar-refractivity contribution in [2.24, 2.45) is 23.2 Å². The topological polar surface area (TPSA) is 67.9 Å². The first-order valence-electron chi connectivity index (χ1n) is 13.1. The van der Waals surface area contributed by atoms with Crippen molar-refractivity contribution in [2.45, 2.75) is 45.1 Å². The minimum atomic E-state index is -0.374. The molecule has 4 saturated carbocycles. The summed E-state index contributed by atoms with van der Waals surface area (Å²) in [6, 6.07) is 9.77. The summed E-state index contributed by atoms with van der Waals surface area (Å²) >= 11 is 10.2. The molecule has 204 valence electrons. The van der Waals surface area contributed by atoms with Gasteiger partial charge >= 0.3 is 0 Å². The molecule has 2 aromatic rings. The molecule has 5 aliphatic rings. The normalized spacial score (nSPS) is 28.3. The highest BCUT2D eigenvalue weighted by Crippen LogP contribution is 2.60. The first-order chi connectivity index (χ1) is 18.7. The van der Waals surface area contributed by atoms with E-state index in [1.54, 1.807) is 24.3 Å². The number of rotatable bonds is 7. The first kappa shape index (κ1) is 26.8. The molecule has 6 nitrogen and oxygen atoms in total. The van der Waals surface area contributed by atoms with Crippen molar-refractivity contribution in [2.75, 3.05) is 7.11 Å². The SMILES string of the molecule is COc1cc(/C=C2/SC(=S)N(NC(=O)C34CC5CC(CC(C5)C3)C4)C2=O)cc(Br)c1OCc1cccc(F)c1. The minimum Gasteiger partial charge on any atom is -0.493 e. The highest BCUT2D eigenvalue weighted by molar-refractivity contribution is 9.10. The lowest BCUT2D eigenvalue weighted by Crippen LogP contribution is -2.57. The highest BCUT2D eigenvalue weighted by Gasteiger charge is 2.55. The van der Waals surface area contributed by atoms with Crippen LogP contribution in [0.5, 0.6) is 11.5 Å². The Bertz CT molecular complexity index is 1360. The predicted octanol–water partition coefficient (Wildman–Crippen LogP) is 6.62. The van der Waals surface area contributed by atoms with Gasteiger partial charge in [-0.15, -0.1) is 0 Å². The average molecular weight is 632 g/mol. The van der Waals surface area contributed by atoms with Crippen LogP contribution in [-0.2, 0) is 16.2 Å². The van der Waals surface area contributed by atoms with Crippen LogP contribution < -0.4 is 14.9 Å². The summed E-state index contributed by atoms with van der Waals surface area (Å²) < 4.78 is 25.9. The summed E-state index contributed by atoms with van der Waals surface area (Å²) in [5.41, 5.74) is 3.90. The molecule has 0 aromatic heterocycles. The number of nitrogens with one attached hydrogen (secondary N) is 1. The third-order valence-electron chi connectivity index (χ3n) is 8.35. The fraction of sp³-hybridized carbons (Fsp3) is 0.414. The number of hydrazine groups is 1. The number of nitrogens with zero attached hydrogens (tertiary/aromatic N) is 1. The zero-order chi connectivity index (χ0) is 27.3. The van der Waals surface area contributed by atoms with Gasteiger partial charge in [-0.1, -0.05) is 23.9 Å². The summed E-state index contributed by atoms with van der Waals surface area (Å²) in [7, 11) is 1.53. The third-order valence-corrected chi connectivity index (χ3v) is 10.2. The van der Waals surface area contributed by atoms with E-state index in [1.807, 2.05) is 6.07 Å². The predicted molar refractivity (Wildman–Crippen MR) is 155 cm³/mol. The second kappa shape index (κ2) is 10.5. The first-order valence-corrected chi connectivity index (χ1v) is 15.1. The van der Waals surface area contributed by atoms with Crippen LogP contribution in [0.15, 0.2) is 45.8 Å². The Kier molecular flexibility index (Phi) is 7.22. The van der Waals surface area contributed by atoms with Crippen molar-refractivity contribution in [3.05, 3.63) is 62.7 Å².